The number of hydrogen-bond donors (Lipinski definition) is 7. The van der Waals surface area contributed by atoms with Gasteiger partial charge in [-0.25, -0.2) is 9.79 Å². The standard InChI is InChI=1S/C20H30N8O6S/c1-12(30)26-10-35-9-16(19(33)34)27-17(31)7-24-18(32)15(21)8-28(11-29)14-4-2-13(3-5-14)6-25-20(22)23/h2-5,11,15-16H,6-10,21H2,1H3,(H,24,32)(H,26,30)(H,27,31)(H,33,34)(H4,22,23,25). The number of carboxylic acid groups (broad SMARTS) is 1. The molecule has 0 spiro atoms. The number of aliphatic carboxylic acids is 1. The monoisotopic (exact) mass is 510 g/mol. The van der Waals surface area contributed by atoms with Gasteiger partial charge in [0.1, 0.15) is 12.1 Å². The molecule has 2 atom stereocenters. The molecule has 0 saturated carbocycles. The molecule has 192 valence electrons. The highest BCUT2D eigenvalue weighted by Gasteiger charge is 2.22. The number of nitrogens with two attached hydrogens (primary N) is 3. The van der Waals surface area contributed by atoms with Gasteiger partial charge in [-0.05, 0) is 17.7 Å². The molecule has 35 heavy (non-hydrogen) atoms. The molecule has 0 aliphatic heterocycles. The summed E-state index contributed by atoms with van der Waals surface area (Å²) < 4.78 is 0. The van der Waals surface area contributed by atoms with Crippen molar-refractivity contribution in [2.24, 2.45) is 22.2 Å². The lowest BCUT2D eigenvalue weighted by Gasteiger charge is -2.21. The van der Waals surface area contributed by atoms with Crippen LogP contribution in [0.3, 0.4) is 0 Å². The number of benzene rings is 1. The molecule has 1 aromatic rings. The zero-order valence-electron chi connectivity index (χ0n) is 19.1. The quantitative estimate of drug-likeness (QED) is 0.0422. The summed E-state index contributed by atoms with van der Waals surface area (Å²) in [5.41, 5.74) is 17.7. The van der Waals surface area contributed by atoms with Gasteiger partial charge in [-0.3, -0.25) is 19.2 Å². The lowest BCUT2D eigenvalue weighted by Crippen LogP contribution is -2.52. The van der Waals surface area contributed by atoms with Gasteiger partial charge in [-0.2, -0.15) is 0 Å². The Morgan fingerprint density at radius 3 is 2.37 bits per heavy atom. The number of nitrogens with zero attached hydrogens (tertiary/aromatic N) is 2. The maximum Gasteiger partial charge on any atom is 0.327 e. The molecule has 0 saturated heterocycles. The summed E-state index contributed by atoms with van der Waals surface area (Å²) >= 11 is 1.11. The smallest absolute Gasteiger partial charge is 0.327 e. The Hall–Kier alpha value is -3.85. The summed E-state index contributed by atoms with van der Waals surface area (Å²) in [4.78, 5) is 63.1. The van der Waals surface area contributed by atoms with Crippen molar-refractivity contribution in [2.75, 3.05) is 29.6 Å². The van der Waals surface area contributed by atoms with Gasteiger partial charge in [0, 0.05) is 24.9 Å². The van der Waals surface area contributed by atoms with Crippen LogP contribution in [0.5, 0.6) is 0 Å². The number of carboxylic acids is 1. The number of aliphatic imine (C=N–C) groups is 1. The van der Waals surface area contributed by atoms with E-state index in [-0.39, 0.29) is 36.6 Å². The van der Waals surface area contributed by atoms with Crippen LogP contribution >= 0.6 is 11.8 Å². The number of thioether (sulfide) groups is 1. The van der Waals surface area contributed by atoms with Gasteiger partial charge >= 0.3 is 5.97 Å². The second kappa shape index (κ2) is 15.1. The molecule has 1 aromatic carbocycles. The number of carbonyl (C=O) groups is 5. The van der Waals surface area contributed by atoms with E-state index in [1.54, 1.807) is 24.3 Å². The number of rotatable bonds is 15. The molecule has 0 aliphatic rings. The topological polar surface area (TPSA) is 235 Å². The third-order valence-corrected chi connectivity index (χ3v) is 5.25. The highest BCUT2D eigenvalue weighted by Crippen LogP contribution is 2.15. The van der Waals surface area contributed by atoms with Crippen molar-refractivity contribution in [1.82, 2.24) is 16.0 Å². The summed E-state index contributed by atoms with van der Waals surface area (Å²) in [7, 11) is 0. The summed E-state index contributed by atoms with van der Waals surface area (Å²) in [5.74, 6) is -2.82. The first-order valence-corrected chi connectivity index (χ1v) is 11.4. The van der Waals surface area contributed by atoms with Crippen LogP contribution in [0, 0.1) is 0 Å². The van der Waals surface area contributed by atoms with Crippen molar-refractivity contribution in [3.63, 3.8) is 0 Å². The first-order chi connectivity index (χ1) is 16.5. The fourth-order valence-corrected chi connectivity index (χ4v) is 3.41. The largest absolute Gasteiger partial charge is 0.480 e. The first-order valence-electron chi connectivity index (χ1n) is 10.3. The van der Waals surface area contributed by atoms with Crippen LogP contribution in [-0.2, 0) is 30.5 Å². The maximum atomic E-state index is 12.3. The SMILES string of the molecule is CC(=O)NCSCC(NC(=O)CNC(=O)C(N)CN(C=O)c1ccc(CN=C(N)N)cc1)C(=O)O. The first kappa shape index (κ1) is 29.2. The third-order valence-electron chi connectivity index (χ3n) is 4.33. The molecule has 0 bridgehead atoms. The molecular weight excluding hydrogens is 480 g/mol. The van der Waals surface area contributed by atoms with Gasteiger partial charge in [-0.1, -0.05) is 12.1 Å². The van der Waals surface area contributed by atoms with Crippen LogP contribution in [0.25, 0.3) is 0 Å². The lowest BCUT2D eigenvalue weighted by molar-refractivity contribution is -0.141. The van der Waals surface area contributed by atoms with E-state index in [1.807, 2.05) is 0 Å². The molecule has 0 aromatic heterocycles. The van der Waals surface area contributed by atoms with E-state index >= 15 is 0 Å². The van der Waals surface area contributed by atoms with E-state index in [0.717, 1.165) is 17.3 Å². The Kier molecular flexibility index (Phi) is 12.6. The van der Waals surface area contributed by atoms with Crippen molar-refractivity contribution in [3.05, 3.63) is 29.8 Å². The zero-order valence-corrected chi connectivity index (χ0v) is 19.9. The van der Waals surface area contributed by atoms with E-state index in [0.29, 0.717) is 12.1 Å². The Morgan fingerprint density at radius 1 is 1.17 bits per heavy atom. The average molecular weight is 511 g/mol. The molecule has 1 rings (SSSR count). The molecule has 0 radical (unpaired) electrons. The maximum absolute atomic E-state index is 12.3. The van der Waals surface area contributed by atoms with Crippen molar-refractivity contribution < 1.29 is 29.1 Å². The minimum atomic E-state index is -1.26. The van der Waals surface area contributed by atoms with Crippen molar-refractivity contribution in [2.45, 2.75) is 25.6 Å². The number of anilines is 1. The Balaban J connectivity index is 2.54. The number of carbonyl (C=O) groups excluding carboxylic acids is 4. The van der Waals surface area contributed by atoms with Gasteiger partial charge in [0.05, 0.1) is 19.0 Å². The third kappa shape index (κ3) is 11.7. The predicted octanol–water partition coefficient (Wildman–Crippen LogP) is -2.74. The van der Waals surface area contributed by atoms with Crippen LogP contribution in [0.1, 0.15) is 12.5 Å². The van der Waals surface area contributed by atoms with Crippen LogP contribution in [0.2, 0.25) is 0 Å². The summed E-state index contributed by atoms with van der Waals surface area (Å²) in [6.45, 7) is 0.922. The minimum absolute atomic E-state index is 0.00779. The molecular formula is C20H30N8O6S. The van der Waals surface area contributed by atoms with Gasteiger partial charge in [0.25, 0.3) is 0 Å². The molecule has 10 N–H and O–H groups in total. The molecule has 0 fully saturated rings. The van der Waals surface area contributed by atoms with Crippen molar-refractivity contribution in [3.8, 4) is 0 Å². The fraction of sp³-hybridized carbons (Fsp3) is 0.400. The molecule has 0 heterocycles. The van der Waals surface area contributed by atoms with Gasteiger partial charge < -0.3 is 43.2 Å². The van der Waals surface area contributed by atoms with E-state index in [9.17, 15) is 29.1 Å². The van der Waals surface area contributed by atoms with Crippen LogP contribution in [0.4, 0.5) is 5.69 Å². The predicted molar refractivity (Wildman–Crippen MR) is 131 cm³/mol. The van der Waals surface area contributed by atoms with Gasteiger partial charge in [-0.15, -0.1) is 11.8 Å². The van der Waals surface area contributed by atoms with Crippen molar-refractivity contribution in [1.29, 1.82) is 0 Å². The molecule has 14 nitrogen and oxygen atoms in total. The molecule has 15 heteroatoms. The Labute approximate surface area is 206 Å². The van der Waals surface area contributed by atoms with Crippen LogP contribution < -0.4 is 38.1 Å². The molecule has 0 aliphatic carbocycles. The van der Waals surface area contributed by atoms with E-state index in [4.69, 9.17) is 17.2 Å². The van der Waals surface area contributed by atoms with E-state index < -0.39 is 36.4 Å². The van der Waals surface area contributed by atoms with E-state index in [1.165, 1.54) is 11.8 Å². The lowest BCUT2D eigenvalue weighted by atomic mass is 10.2. The van der Waals surface area contributed by atoms with E-state index in [2.05, 4.69) is 20.9 Å². The number of nitrogens with one attached hydrogen (secondary N) is 3. The van der Waals surface area contributed by atoms with Crippen molar-refractivity contribution >= 4 is 53.5 Å². The molecule has 4 amide bonds. The minimum Gasteiger partial charge on any atom is -0.480 e. The van der Waals surface area contributed by atoms with Gasteiger partial charge in [0.15, 0.2) is 5.96 Å². The fourth-order valence-electron chi connectivity index (χ4n) is 2.53. The number of amides is 4. The second-order valence-electron chi connectivity index (χ2n) is 7.20. The second-order valence-corrected chi connectivity index (χ2v) is 8.23. The number of hydrogen-bond acceptors (Lipinski definition) is 8. The summed E-state index contributed by atoms with van der Waals surface area (Å²) in [5, 5.41) is 16.3. The average Bonchev–Trinajstić information content (AvgIpc) is 2.81. The highest BCUT2D eigenvalue weighted by molar-refractivity contribution is 7.99. The molecule has 2 unspecified atom stereocenters. The summed E-state index contributed by atoms with van der Waals surface area (Å²) in [6, 6.07) is 4.33. The Bertz CT molecular complexity index is 923. The zero-order chi connectivity index (χ0) is 26.4. The Morgan fingerprint density at radius 2 is 1.83 bits per heavy atom. The van der Waals surface area contributed by atoms with Gasteiger partial charge in [0.2, 0.25) is 24.1 Å². The van der Waals surface area contributed by atoms with Crippen LogP contribution in [0.15, 0.2) is 29.3 Å². The number of guanidine groups is 1. The highest BCUT2D eigenvalue weighted by atomic mass is 32.2. The normalized spacial score (nSPS) is 11.9. The summed E-state index contributed by atoms with van der Waals surface area (Å²) in [6.07, 6.45) is 0.515. The van der Waals surface area contributed by atoms with Crippen LogP contribution in [-0.4, -0.2) is 78.0 Å².